The van der Waals surface area contributed by atoms with Crippen molar-refractivity contribution in [2.24, 2.45) is 0 Å². The van der Waals surface area contributed by atoms with Gasteiger partial charge in [-0.3, -0.25) is 14.9 Å². The molecule has 12 heteroatoms. The molecule has 4 aromatic rings. The van der Waals surface area contributed by atoms with Crippen molar-refractivity contribution < 1.29 is 23.2 Å². The molecular formula is C22H16ClF2N5O4. The number of hydrogen-bond acceptors (Lipinski definition) is 6. The number of non-ortho nitro benzene ring substituents is 1. The Bertz CT molecular complexity index is 1420. The minimum absolute atomic E-state index is 0.0112. The molecule has 1 N–H and O–H groups in total. The van der Waals surface area contributed by atoms with Crippen molar-refractivity contribution in [2.75, 3.05) is 5.32 Å². The summed E-state index contributed by atoms with van der Waals surface area (Å²) in [6, 6.07) is 13.0. The average molecular weight is 488 g/mol. The number of aryl methyl sites for hydroxylation is 2. The smallest absolute Gasteiger partial charge is 0.364 e. The minimum atomic E-state index is -3.74. The van der Waals surface area contributed by atoms with Crippen LogP contribution in [0.15, 0.2) is 54.6 Å². The lowest BCUT2D eigenvalue weighted by Crippen LogP contribution is -2.15. The Morgan fingerprint density at radius 3 is 2.47 bits per heavy atom. The van der Waals surface area contributed by atoms with Gasteiger partial charge in [-0.25, -0.2) is 9.50 Å². The lowest BCUT2D eigenvalue weighted by atomic mass is 10.2. The van der Waals surface area contributed by atoms with Crippen LogP contribution in [0.4, 0.5) is 20.2 Å². The molecule has 0 aliphatic carbocycles. The molecule has 0 saturated carbocycles. The number of aromatic nitrogens is 3. The van der Waals surface area contributed by atoms with Gasteiger partial charge in [0.2, 0.25) is 0 Å². The van der Waals surface area contributed by atoms with Gasteiger partial charge in [0.25, 0.3) is 11.6 Å². The minimum Gasteiger partial charge on any atom is -0.457 e. The van der Waals surface area contributed by atoms with Crippen molar-refractivity contribution >= 4 is 34.5 Å². The van der Waals surface area contributed by atoms with Gasteiger partial charge < -0.3 is 10.1 Å². The fourth-order valence-electron chi connectivity index (χ4n) is 3.17. The zero-order valence-electron chi connectivity index (χ0n) is 17.8. The van der Waals surface area contributed by atoms with E-state index in [0.29, 0.717) is 5.75 Å². The Morgan fingerprint density at radius 2 is 1.82 bits per heavy atom. The molecular weight excluding hydrogens is 472 g/mol. The van der Waals surface area contributed by atoms with Crippen molar-refractivity contribution in [3.63, 3.8) is 0 Å². The van der Waals surface area contributed by atoms with Gasteiger partial charge in [-0.05, 0) is 43.6 Å². The largest absolute Gasteiger partial charge is 0.457 e. The van der Waals surface area contributed by atoms with Gasteiger partial charge in [0.15, 0.2) is 11.3 Å². The number of rotatable bonds is 6. The highest BCUT2D eigenvalue weighted by Crippen LogP contribution is 2.33. The maximum atomic E-state index is 13.8. The number of benzene rings is 2. The molecule has 0 bridgehead atoms. The lowest BCUT2D eigenvalue weighted by Gasteiger charge is -2.10. The zero-order chi connectivity index (χ0) is 24.6. The summed E-state index contributed by atoms with van der Waals surface area (Å²) >= 11 is 5.17. The van der Waals surface area contributed by atoms with Crippen molar-refractivity contribution in [3.8, 4) is 11.5 Å². The van der Waals surface area contributed by atoms with Crippen LogP contribution < -0.4 is 10.1 Å². The maximum Gasteiger partial charge on any atom is 0.364 e. The van der Waals surface area contributed by atoms with Crippen LogP contribution >= 0.6 is 11.6 Å². The lowest BCUT2D eigenvalue weighted by molar-refractivity contribution is -0.384. The van der Waals surface area contributed by atoms with Gasteiger partial charge in [-0.2, -0.15) is 13.9 Å². The third-order valence-electron chi connectivity index (χ3n) is 4.69. The Kier molecular flexibility index (Phi) is 5.88. The van der Waals surface area contributed by atoms with E-state index in [1.807, 2.05) is 19.1 Å². The molecule has 0 aliphatic rings. The molecule has 0 spiro atoms. The SMILES string of the molecule is Cc1ccc(Oc2cc(NC(=O)c3cc4nc(C)cc(C(F)(F)Cl)n4n3)cc([N+](=O)[O-])c2)cc1. The number of nitrogens with one attached hydrogen (secondary N) is 1. The quantitative estimate of drug-likeness (QED) is 0.216. The fraction of sp³-hybridized carbons (Fsp3) is 0.136. The summed E-state index contributed by atoms with van der Waals surface area (Å²) in [6.07, 6.45) is 0. The monoisotopic (exact) mass is 487 g/mol. The first kappa shape index (κ1) is 23.1. The maximum absolute atomic E-state index is 13.8. The Labute approximate surface area is 196 Å². The molecule has 1 amide bonds. The second kappa shape index (κ2) is 8.67. The van der Waals surface area contributed by atoms with Crippen LogP contribution in [0, 0.1) is 24.0 Å². The number of nitrogens with zero attached hydrogens (tertiary/aromatic N) is 4. The van der Waals surface area contributed by atoms with Crippen LogP contribution in [0.3, 0.4) is 0 Å². The number of halogens is 3. The van der Waals surface area contributed by atoms with Crippen molar-refractivity contribution in [1.82, 2.24) is 14.6 Å². The standard InChI is InChI=1S/C22H16ClF2N5O4/c1-12-3-5-16(6-4-12)34-17-9-14(8-15(10-17)30(32)33)27-21(31)18-11-20-26-13(2)7-19(22(23,24)25)29(20)28-18/h3-11H,1-2H3,(H,27,31). The number of ether oxygens (including phenoxy) is 1. The molecule has 0 saturated heterocycles. The van der Waals surface area contributed by atoms with Gasteiger partial charge in [0.1, 0.15) is 17.2 Å². The summed E-state index contributed by atoms with van der Waals surface area (Å²) in [5.74, 6) is -0.238. The molecule has 9 nitrogen and oxygen atoms in total. The van der Waals surface area contributed by atoms with Crippen molar-refractivity contribution in [1.29, 1.82) is 0 Å². The highest BCUT2D eigenvalue weighted by atomic mass is 35.5. The van der Waals surface area contributed by atoms with Crippen LogP contribution in [0.2, 0.25) is 0 Å². The van der Waals surface area contributed by atoms with Crippen LogP contribution in [-0.2, 0) is 5.38 Å². The number of carbonyl (C=O) groups excluding carboxylic acids is 1. The number of anilines is 1. The molecule has 34 heavy (non-hydrogen) atoms. The summed E-state index contributed by atoms with van der Waals surface area (Å²) < 4.78 is 34.0. The van der Waals surface area contributed by atoms with Gasteiger partial charge in [0.05, 0.1) is 16.7 Å². The number of amides is 1. The van der Waals surface area contributed by atoms with Gasteiger partial charge in [-0.15, -0.1) is 0 Å². The summed E-state index contributed by atoms with van der Waals surface area (Å²) in [4.78, 5) is 27.6. The molecule has 0 aliphatic heterocycles. The van der Waals surface area contributed by atoms with E-state index in [0.717, 1.165) is 22.2 Å². The number of hydrogen-bond donors (Lipinski definition) is 1. The highest BCUT2D eigenvalue weighted by Gasteiger charge is 2.32. The number of fused-ring (bicyclic) bond motifs is 1. The van der Waals surface area contributed by atoms with Crippen molar-refractivity contribution in [3.05, 3.63) is 87.4 Å². The van der Waals surface area contributed by atoms with Crippen LogP contribution in [0.5, 0.6) is 11.5 Å². The number of carbonyl (C=O) groups is 1. The topological polar surface area (TPSA) is 112 Å². The van der Waals surface area contributed by atoms with E-state index in [-0.39, 0.29) is 34.2 Å². The Balaban J connectivity index is 1.66. The molecule has 4 rings (SSSR count). The molecule has 174 valence electrons. The predicted octanol–water partition coefficient (Wildman–Crippen LogP) is 5.59. The third kappa shape index (κ3) is 4.94. The summed E-state index contributed by atoms with van der Waals surface area (Å²) in [5, 5.41) is 14.0. The Morgan fingerprint density at radius 1 is 1.12 bits per heavy atom. The summed E-state index contributed by atoms with van der Waals surface area (Å²) in [7, 11) is 0. The summed E-state index contributed by atoms with van der Waals surface area (Å²) in [5.41, 5.74) is 0.0787. The molecule has 0 atom stereocenters. The van der Waals surface area contributed by atoms with E-state index < -0.39 is 21.9 Å². The summed E-state index contributed by atoms with van der Waals surface area (Å²) in [6.45, 7) is 3.40. The Hall–Kier alpha value is -4.12. The average Bonchev–Trinajstić information content (AvgIpc) is 3.18. The van der Waals surface area contributed by atoms with E-state index in [2.05, 4.69) is 15.4 Å². The first-order chi connectivity index (χ1) is 16.0. The van der Waals surface area contributed by atoms with E-state index >= 15 is 0 Å². The molecule has 0 fully saturated rings. The van der Waals surface area contributed by atoms with E-state index in [4.69, 9.17) is 16.3 Å². The second-order valence-electron chi connectivity index (χ2n) is 7.42. The third-order valence-corrected chi connectivity index (χ3v) is 4.89. The van der Waals surface area contributed by atoms with Gasteiger partial charge in [-0.1, -0.05) is 17.7 Å². The van der Waals surface area contributed by atoms with E-state index in [1.165, 1.54) is 25.1 Å². The first-order valence-electron chi connectivity index (χ1n) is 9.79. The molecule has 2 heterocycles. The second-order valence-corrected chi connectivity index (χ2v) is 7.90. The number of nitro groups is 1. The number of nitro benzene ring substituents is 1. The van der Waals surface area contributed by atoms with Gasteiger partial charge in [0, 0.05) is 23.9 Å². The fourth-order valence-corrected chi connectivity index (χ4v) is 3.30. The number of alkyl halides is 3. The van der Waals surface area contributed by atoms with Crippen LogP contribution in [0.25, 0.3) is 5.65 Å². The first-order valence-corrected chi connectivity index (χ1v) is 10.2. The van der Waals surface area contributed by atoms with Crippen LogP contribution in [0.1, 0.15) is 27.4 Å². The molecule has 0 radical (unpaired) electrons. The van der Waals surface area contributed by atoms with E-state index in [1.54, 1.807) is 12.1 Å². The molecule has 0 unspecified atom stereocenters. The highest BCUT2D eigenvalue weighted by molar-refractivity contribution is 6.21. The van der Waals surface area contributed by atoms with Crippen molar-refractivity contribution in [2.45, 2.75) is 19.2 Å². The molecule has 2 aromatic heterocycles. The van der Waals surface area contributed by atoms with Gasteiger partial charge >= 0.3 is 5.38 Å². The molecule has 2 aromatic carbocycles. The predicted molar refractivity (Wildman–Crippen MR) is 120 cm³/mol. The normalized spacial score (nSPS) is 11.4. The van der Waals surface area contributed by atoms with E-state index in [9.17, 15) is 23.7 Å². The zero-order valence-corrected chi connectivity index (χ0v) is 18.5. The van der Waals surface area contributed by atoms with Crippen LogP contribution in [-0.4, -0.2) is 25.4 Å².